The Labute approximate surface area is 108 Å². The Morgan fingerprint density at radius 1 is 1.19 bits per heavy atom. The van der Waals surface area contributed by atoms with Crippen LogP contribution in [0.15, 0.2) is 34.1 Å². The minimum absolute atomic E-state index is 0.0174. The Kier molecular flexibility index (Phi) is 3.47. The third kappa shape index (κ3) is 2.21. The van der Waals surface area contributed by atoms with Crippen molar-refractivity contribution in [3.05, 3.63) is 55.7 Å². The number of rotatable bonds is 2. The van der Waals surface area contributed by atoms with Crippen molar-refractivity contribution in [2.24, 2.45) is 5.73 Å². The first-order chi connectivity index (χ1) is 7.59. The van der Waals surface area contributed by atoms with Crippen molar-refractivity contribution in [1.29, 1.82) is 0 Å². The topological polar surface area (TPSA) is 26.0 Å². The van der Waals surface area contributed by atoms with E-state index < -0.39 is 0 Å². The summed E-state index contributed by atoms with van der Waals surface area (Å²) in [6, 6.07) is 10.4. The number of aryl methyl sites for hydroxylation is 1. The van der Waals surface area contributed by atoms with Gasteiger partial charge >= 0.3 is 0 Å². The molecule has 0 bridgehead atoms. The summed E-state index contributed by atoms with van der Waals surface area (Å²) in [4.78, 5) is 1.19. The van der Waals surface area contributed by atoms with Gasteiger partial charge in [-0.2, -0.15) is 0 Å². The molecule has 84 valence electrons. The Morgan fingerprint density at radius 3 is 2.56 bits per heavy atom. The van der Waals surface area contributed by atoms with Crippen molar-refractivity contribution in [3.8, 4) is 0 Å². The normalized spacial score (nSPS) is 12.8. The molecule has 0 aliphatic rings. The molecule has 16 heavy (non-hydrogen) atoms. The van der Waals surface area contributed by atoms with Gasteiger partial charge in [-0.1, -0.05) is 18.2 Å². The van der Waals surface area contributed by atoms with E-state index in [2.05, 4.69) is 54.0 Å². The Hall–Kier alpha value is -0.640. The smallest absolute Gasteiger partial charge is 0.0702 e. The molecule has 0 aliphatic carbocycles. The summed E-state index contributed by atoms with van der Waals surface area (Å²) in [5.74, 6) is 0. The molecule has 2 rings (SSSR count). The lowest BCUT2D eigenvalue weighted by Gasteiger charge is -2.14. The van der Waals surface area contributed by atoms with E-state index in [0.29, 0.717) is 0 Å². The zero-order chi connectivity index (χ0) is 11.7. The SMILES string of the molecule is Cc1cccc(C(N)c2ccc(Br)s2)c1C. The average Bonchev–Trinajstić information content (AvgIpc) is 2.68. The van der Waals surface area contributed by atoms with Crippen LogP contribution < -0.4 is 5.73 Å². The van der Waals surface area contributed by atoms with Crippen LogP contribution in [-0.2, 0) is 0 Å². The van der Waals surface area contributed by atoms with Gasteiger partial charge in [0, 0.05) is 4.88 Å². The lowest BCUT2D eigenvalue weighted by molar-refractivity contribution is 0.879. The molecule has 0 saturated carbocycles. The quantitative estimate of drug-likeness (QED) is 0.884. The average molecular weight is 296 g/mol. The van der Waals surface area contributed by atoms with Crippen LogP contribution in [0.5, 0.6) is 0 Å². The highest BCUT2D eigenvalue weighted by Gasteiger charge is 2.13. The van der Waals surface area contributed by atoms with Crippen LogP contribution in [0, 0.1) is 13.8 Å². The second kappa shape index (κ2) is 4.70. The van der Waals surface area contributed by atoms with Gasteiger partial charge in [-0.3, -0.25) is 0 Å². The molecule has 0 spiro atoms. The minimum atomic E-state index is -0.0174. The number of hydrogen-bond donors (Lipinski definition) is 1. The highest BCUT2D eigenvalue weighted by molar-refractivity contribution is 9.11. The number of benzene rings is 1. The Balaban J connectivity index is 2.41. The van der Waals surface area contributed by atoms with E-state index in [9.17, 15) is 0 Å². The molecule has 1 aromatic heterocycles. The van der Waals surface area contributed by atoms with E-state index in [4.69, 9.17) is 5.73 Å². The van der Waals surface area contributed by atoms with Gasteiger partial charge in [0.15, 0.2) is 0 Å². The summed E-state index contributed by atoms with van der Waals surface area (Å²) in [5.41, 5.74) is 10.1. The van der Waals surface area contributed by atoms with Gasteiger partial charge < -0.3 is 5.73 Å². The van der Waals surface area contributed by atoms with Crippen molar-refractivity contribution in [2.45, 2.75) is 19.9 Å². The Bertz CT molecular complexity index is 504. The fourth-order valence-corrected chi connectivity index (χ4v) is 3.20. The number of halogens is 1. The molecule has 3 heteroatoms. The van der Waals surface area contributed by atoms with Crippen LogP contribution in [0.3, 0.4) is 0 Å². The van der Waals surface area contributed by atoms with Crippen LogP contribution in [-0.4, -0.2) is 0 Å². The molecule has 1 nitrogen and oxygen atoms in total. The summed E-state index contributed by atoms with van der Waals surface area (Å²) < 4.78 is 1.13. The van der Waals surface area contributed by atoms with Crippen LogP contribution in [0.4, 0.5) is 0 Å². The van der Waals surface area contributed by atoms with E-state index in [1.807, 2.05) is 6.07 Å². The molecule has 1 aromatic carbocycles. The maximum atomic E-state index is 6.29. The van der Waals surface area contributed by atoms with Gasteiger partial charge in [-0.25, -0.2) is 0 Å². The zero-order valence-electron chi connectivity index (χ0n) is 9.33. The molecule has 0 radical (unpaired) electrons. The van der Waals surface area contributed by atoms with E-state index in [0.717, 1.165) is 3.79 Å². The second-order valence-corrected chi connectivity index (χ2v) is 6.40. The fraction of sp³-hybridized carbons (Fsp3) is 0.231. The second-order valence-electron chi connectivity index (χ2n) is 3.91. The Morgan fingerprint density at radius 2 is 1.94 bits per heavy atom. The van der Waals surface area contributed by atoms with Gasteiger partial charge in [0.2, 0.25) is 0 Å². The van der Waals surface area contributed by atoms with Crippen LogP contribution in [0.1, 0.15) is 27.6 Å². The largest absolute Gasteiger partial charge is 0.320 e. The maximum Gasteiger partial charge on any atom is 0.0702 e. The lowest BCUT2D eigenvalue weighted by atomic mass is 9.97. The van der Waals surface area contributed by atoms with Crippen molar-refractivity contribution in [3.63, 3.8) is 0 Å². The first-order valence-corrected chi connectivity index (χ1v) is 6.77. The third-order valence-electron chi connectivity index (χ3n) is 2.88. The standard InChI is InChI=1S/C13H14BrNS/c1-8-4-3-5-10(9(8)2)13(15)11-6-7-12(14)16-11/h3-7,13H,15H2,1-2H3. The van der Waals surface area contributed by atoms with Gasteiger partial charge in [0.05, 0.1) is 9.83 Å². The summed E-state index contributed by atoms with van der Waals surface area (Å²) in [7, 11) is 0. The predicted molar refractivity (Wildman–Crippen MR) is 74.0 cm³/mol. The van der Waals surface area contributed by atoms with E-state index in [-0.39, 0.29) is 6.04 Å². The molecule has 0 fully saturated rings. The number of hydrogen-bond acceptors (Lipinski definition) is 2. The van der Waals surface area contributed by atoms with Crippen LogP contribution in [0.2, 0.25) is 0 Å². The molecule has 1 heterocycles. The van der Waals surface area contributed by atoms with Gasteiger partial charge in [-0.05, 0) is 58.6 Å². The highest BCUT2D eigenvalue weighted by Crippen LogP contribution is 2.31. The zero-order valence-corrected chi connectivity index (χ0v) is 11.7. The molecule has 2 N–H and O–H groups in total. The highest BCUT2D eigenvalue weighted by atomic mass is 79.9. The fourth-order valence-electron chi connectivity index (χ4n) is 1.76. The maximum absolute atomic E-state index is 6.29. The number of thiophene rings is 1. The monoisotopic (exact) mass is 295 g/mol. The van der Waals surface area contributed by atoms with E-state index in [1.54, 1.807) is 11.3 Å². The summed E-state index contributed by atoms with van der Waals surface area (Å²) in [6.07, 6.45) is 0. The van der Waals surface area contributed by atoms with E-state index >= 15 is 0 Å². The predicted octanol–water partition coefficient (Wildman–Crippen LogP) is 4.18. The summed E-state index contributed by atoms with van der Waals surface area (Å²) in [6.45, 7) is 4.25. The molecule has 2 aromatic rings. The van der Waals surface area contributed by atoms with Gasteiger partial charge in [0.25, 0.3) is 0 Å². The van der Waals surface area contributed by atoms with Crippen molar-refractivity contribution in [1.82, 2.24) is 0 Å². The molecule has 1 atom stereocenters. The molecular weight excluding hydrogens is 282 g/mol. The van der Waals surface area contributed by atoms with Crippen molar-refractivity contribution < 1.29 is 0 Å². The first kappa shape index (κ1) is 11.8. The molecule has 0 saturated heterocycles. The molecule has 0 aliphatic heterocycles. The van der Waals surface area contributed by atoms with Gasteiger partial charge in [-0.15, -0.1) is 11.3 Å². The minimum Gasteiger partial charge on any atom is -0.320 e. The van der Waals surface area contributed by atoms with Crippen LogP contribution in [0.25, 0.3) is 0 Å². The number of nitrogens with two attached hydrogens (primary N) is 1. The van der Waals surface area contributed by atoms with E-state index in [1.165, 1.54) is 21.6 Å². The summed E-state index contributed by atoms with van der Waals surface area (Å²) in [5, 5.41) is 0. The first-order valence-electron chi connectivity index (χ1n) is 5.16. The summed E-state index contributed by atoms with van der Waals surface area (Å²) >= 11 is 5.17. The van der Waals surface area contributed by atoms with Gasteiger partial charge in [0.1, 0.15) is 0 Å². The lowest BCUT2D eigenvalue weighted by Crippen LogP contribution is -2.12. The molecule has 0 amide bonds. The molecular formula is C13H14BrNS. The van der Waals surface area contributed by atoms with Crippen LogP contribution >= 0.6 is 27.3 Å². The van der Waals surface area contributed by atoms with Crippen molar-refractivity contribution >= 4 is 27.3 Å². The third-order valence-corrected chi connectivity index (χ3v) is 4.59. The molecule has 1 unspecified atom stereocenters. The van der Waals surface area contributed by atoms with Crippen molar-refractivity contribution in [2.75, 3.05) is 0 Å².